The number of hydrogen-bond acceptors (Lipinski definition) is 12. The van der Waals surface area contributed by atoms with Crippen LogP contribution < -0.4 is 0 Å². The molecule has 12 rings (SSSR count). The molecule has 12 nitrogen and oxygen atoms in total. The predicted octanol–water partition coefficient (Wildman–Crippen LogP) is 16.2. The molecule has 2 aliphatic heterocycles. The van der Waals surface area contributed by atoms with Crippen LogP contribution in [0.1, 0.15) is 55.4 Å². The monoisotopic (exact) mass is 1260 g/mol. The molecule has 4 aromatic heterocycles. The van der Waals surface area contributed by atoms with Crippen molar-refractivity contribution in [2.45, 2.75) is 77.8 Å². The van der Waals surface area contributed by atoms with E-state index in [-0.39, 0.29) is 45.2 Å². The van der Waals surface area contributed by atoms with Gasteiger partial charge in [0, 0.05) is 56.9 Å². The van der Waals surface area contributed by atoms with E-state index in [0.29, 0.717) is 49.5 Å². The summed E-state index contributed by atoms with van der Waals surface area (Å²) in [7, 11) is -0.952. The van der Waals surface area contributed by atoms with Crippen molar-refractivity contribution in [3.05, 3.63) is 227 Å². The lowest BCUT2D eigenvalue weighted by atomic mass is 9.49. The van der Waals surface area contributed by atoms with E-state index in [4.69, 9.17) is 18.6 Å². The second-order valence-electron chi connectivity index (χ2n) is 21.3. The number of aromatic nitrogens is 8. The molecule has 0 atom stereocenters. The first-order valence-corrected chi connectivity index (χ1v) is 28.2. The zero-order valence-electron chi connectivity index (χ0n) is 47.1. The molecule has 0 bridgehead atoms. The molecule has 2 saturated heterocycles. The molecular formula is C64H56B2Br2F4N8O4. The summed E-state index contributed by atoms with van der Waals surface area (Å²) in [6, 6.07) is 50.7. The molecule has 424 valence electrons. The minimum atomic E-state index is -0.603. The van der Waals surface area contributed by atoms with Crippen LogP contribution in [0.15, 0.2) is 204 Å². The van der Waals surface area contributed by atoms with Gasteiger partial charge in [-0.2, -0.15) is 0 Å². The van der Waals surface area contributed by atoms with Crippen molar-refractivity contribution in [1.29, 1.82) is 0 Å². The van der Waals surface area contributed by atoms with E-state index in [1.54, 1.807) is 30.3 Å². The van der Waals surface area contributed by atoms with Crippen molar-refractivity contribution in [1.82, 2.24) is 39.9 Å². The average molecular weight is 1260 g/mol. The van der Waals surface area contributed by atoms with Gasteiger partial charge in [-0.1, -0.05) is 121 Å². The molecule has 0 unspecified atom stereocenters. The fourth-order valence-electron chi connectivity index (χ4n) is 8.33. The van der Waals surface area contributed by atoms with Crippen LogP contribution in [0.25, 0.3) is 79.5 Å². The summed E-state index contributed by atoms with van der Waals surface area (Å²) < 4.78 is 79.4. The molecule has 0 aliphatic carbocycles. The fraction of sp³-hybridized carbons (Fsp3) is 0.188. The van der Waals surface area contributed by atoms with Crippen LogP contribution in [0.4, 0.5) is 17.6 Å². The van der Waals surface area contributed by atoms with Crippen molar-refractivity contribution >= 4 is 45.9 Å². The summed E-state index contributed by atoms with van der Waals surface area (Å²) in [6.07, 6.45) is 5.16. The highest BCUT2D eigenvalue weighted by molar-refractivity contribution is 9.10. The van der Waals surface area contributed by atoms with Crippen LogP contribution in [-0.4, -0.2) is 76.3 Å². The van der Waals surface area contributed by atoms with Gasteiger partial charge in [0.15, 0.2) is 40.8 Å². The van der Waals surface area contributed by atoms with Gasteiger partial charge in [-0.25, -0.2) is 47.5 Å². The normalized spacial score (nSPS) is 15.2. The first-order chi connectivity index (χ1) is 40.1. The SMILES string of the molecule is CC1(C)OB(B2OC(C)(C)C(C)(C)O2)OC1(C)C.Fc1ccc(-c2nc(-c3ccccc3)nc(-c3ccccc3)n2)cc1Br.Fc1cnccc1-c1cc(-c2nc(-c3ccccc3)nc(-c3ccccc3)n2)ccc1F.Fc1cnccc1Br. The molecule has 0 saturated carbocycles. The average Bonchev–Trinajstić information content (AvgIpc) is 4.00. The van der Waals surface area contributed by atoms with Gasteiger partial charge in [0.05, 0.1) is 43.7 Å². The minimum Gasteiger partial charge on any atom is -0.405 e. The highest BCUT2D eigenvalue weighted by Gasteiger charge is 2.63. The predicted molar refractivity (Wildman–Crippen MR) is 327 cm³/mol. The maximum Gasteiger partial charge on any atom is 0.488 e. The van der Waals surface area contributed by atoms with Gasteiger partial charge < -0.3 is 18.6 Å². The Morgan fingerprint density at radius 3 is 0.964 bits per heavy atom. The van der Waals surface area contributed by atoms with Gasteiger partial charge in [-0.05, 0) is 136 Å². The number of nitrogens with zero attached hydrogens (tertiary/aromatic N) is 8. The first-order valence-electron chi connectivity index (χ1n) is 26.6. The van der Waals surface area contributed by atoms with E-state index < -0.39 is 25.7 Å². The lowest BCUT2D eigenvalue weighted by molar-refractivity contribution is 0.00578. The highest BCUT2D eigenvalue weighted by atomic mass is 79.9. The van der Waals surface area contributed by atoms with Crippen LogP contribution in [-0.2, 0) is 18.6 Å². The van der Waals surface area contributed by atoms with Gasteiger partial charge in [-0.3, -0.25) is 9.97 Å². The van der Waals surface area contributed by atoms with Crippen LogP contribution in [0.5, 0.6) is 0 Å². The minimum absolute atomic E-state index is 0.116. The number of halogens is 6. The Hall–Kier alpha value is -7.71. The third-order valence-electron chi connectivity index (χ3n) is 14.4. The smallest absolute Gasteiger partial charge is 0.405 e. The third-order valence-corrected chi connectivity index (χ3v) is 15.6. The zero-order chi connectivity index (χ0) is 59.8. The summed E-state index contributed by atoms with van der Waals surface area (Å²) in [6.45, 7) is 16.2. The van der Waals surface area contributed by atoms with Crippen molar-refractivity contribution in [3.63, 3.8) is 0 Å². The molecule has 0 amide bonds. The second-order valence-corrected chi connectivity index (χ2v) is 23.0. The molecule has 84 heavy (non-hydrogen) atoms. The lowest BCUT2D eigenvalue weighted by Gasteiger charge is -2.32. The Bertz CT molecular complexity index is 3680. The summed E-state index contributed by atoms with van der Waals surface area (Å²) in [5.41, 5.74) is 3.52. The van der Waals surface area contributed by atoms with Gasteiger partial charge >= 0.3 is 14.0 Å². The largest absolute Gasteiger partial charge is 0.488 e. The number of pyridine rings is 2. The Morgan fingerprint density at radius 1 is 0.321 bits per heavy atom. The standard InChI is InChI=1S/C26H16F2N4.C21H13BrFN3.C12H24B2O4.C5H3BrFN/c27-22-12-11-19(15-21(22)20-13-14-29-16-23(20)28)26-31-24(17-7-3-1-4-8-17)30-25(32-26)18-9-5-2-6-10-18;22-17-13-16(11-12-18(17)23)21-25-19(14-7-3-1-4-8-14)24-20(26-21)15-9-5-2-6-10-15;1-9(2)10(3,4)16-13(15-9)14-17-11(5,6)12(7,8)18-14;6-4-1-2-8-3-5(4)7/h1-16H;1-13H;1-8H3;1-3H. The molecule has 0 N–H and O–H groups in total. The fourth-order valence-corrected chi connectivity index (χ4v) is 8.93. The molecule has 0 spiro atoms. The molecule has 2 aliphatic rings. The molecule has 10 aromatic rings. The van der Waals surface area contributed by atoms with Crippen molar-refractivity contribution in [3.8, 4) is 79.5 Å². The first kappa shape index (κ1) is 60.9. The van der Waals surface area contributed by atoms with Crippen molar-refractivity contribution in [2.75, 3.05) is 0 Å². The topological polar surface area (TPSA) is 140 Å². The lowest BCUT2D eigenvalue weighted by Crippen LogP contribution is -2.41. The molecule has 6 aromatic carbocycles. The highest BCUT2D eigenvalue weighted by Crippen LogP contribution is 2.43. The Labute approximate surface area is 503 Å². The number of hydrogen-bond donors (Lipinski definition) is 0. The Kier molecular flexibility index (Phi) is 18.9. The van der Waals surface area contributed by atoms with Gasteiger partial charge in [-0.15, -0.1) is 0 Å². The summed E-state index contributed by atoms with van der Waals surface area (Å²) >= 11 is 6.20. The number of benzene rings is 6. The molecule has 20 heteroatoms. The summed E-state index contributed by atoms with van der Waals surface area (Å²) in [5.74, 6) is 1.22. The molecule has 0 radical (unpaired) electrons. The van der Waals surface area contributed by atoms with E-state index in [9.17, 15) is 17.6 Å². The van der Waals surface area contributed by atoms with E-state index >= 15 is 0 Å². The third kappa shape index (κ3) is 14.4. The zero-order valence-corrected chi connectivity index (χ0v) is 50.3. The molecule has 2 fully saturated rings. The van der Waals surface area contributed by atoms with Gasteiger partial charge in [0.2, 0.25) is 0 Å². The summed E-state index contributed by atoms with van der Waals surface area (Å²) in [5, 5.41) is 0. The van der Waals surface area contributed by atoms with Crippen molar-refractivity contribution in [2.24, 2.45) is 0 Å². The van der Waals surface area contributed by atoms with Crippen LogP contribution in [0.2, 0.25) is 0 Å². The van der Waals surface area contributed by atoms with Gasteiger partial charge in [0.25, 0.3) is 0 Å². The van der Waals surface area contributed by atoms with Gasteiger partial charge in [0.1, 0.15) is 17.5 Å². The van der Waals surface area contributed by atoms with E-state index in [1.165, 1.54) is 30.6 Å². The Balaban J connectivity index is 0.000000146. The van der Waals surface area contributed by atoms with E-state index in [1.807, 2.05) is 177 Å². The number of rotatable bonds is 8. The summed E-state index contributed by atoms with van der Waals surface area (Å²) in [4.78, 5) is 35.0. The maximum atomic E-state index is 14.6. The van der Waals surface area contributed by atoms with Crippen molar-refractivity contribution < 1.29 is 36.2 Å². The molecular weight excluding hydrogens is 1200 g/mol. The van der Waals surface area contributed by atoms with Crippen LogP contribution >= 0.6 is 31.9 Å². The second kappa shape index (κ2) is 26.1. The van der Waals surface area contributed by atoms with Crippen LogP contribution in [0.3, 0.4) is 0 Å². The maximum absolute atomic E-state index is 14.6. The van der Waals surface area contributed by atoms with E-state index in [0.717, 1.165) is 40.2 Å². The van der Waals surface area contributed by atoms with E-state index in [2.05, 4.69) is 71.7 Å². The van der Waals surface area contributed by atoms with Crippen LogP contribution in [0, 0.1) is 23.3 Å². The Morgan fingerprint density at radius 2 is 0.643 bits per heavy atom. The molecule has 6 heterocycles. The quantitative estimate of drug-likeness (QED) is 0.106.